The topological polar surface area (TPSA) is 58.6 Å². The van der Waals surface area contributed by atoms with Crippen LogP contribution in [0.4, 0.5) is 0 Å². The summed E-state index contributed by atoms with van der Waals surface area (Å²) >= 11 is 0. The molecule has 5 nitrogen and oxygen atoms in total. The van der Waals surface area contributed by atoms with Gasteiger partial charge >= 0.3 is 0 Å². The Labute approximate surface area is 180 Å². The molecule has 0 radical (unpaired) electrons. The highest BCUT2D eigenvalue weighted by Crippen LogP contribution is 2.60. The molecule has 164 valence electrons. The van der Waals surface area contributed by atoms with Crippen molar-refractivity contribution in [1.82, 2.24) is 10.2 Å². The molecule has 5 rings (SSSR count). The van der Waals surface area contributed by atoms with Crippen LogP contribution in [-0.4, -0.2) is 36.9 Å². The van der Waals surface area contributed by atoms with Gasteiger partial charge in [0.05, 0.1) is 7.11 Å². The zero-order valence-electron chi connectivity index (χ0n) is 18.8. The molecule has 0 unspecified atom stereocenters. The number of benzene rings is 1. The van der Waals surface area contributed by atoms with Crippen molar-refractivity contribution in [2.24, 2.45) is 29.1 Å². The first kappa shape index (κ1) is 21.2. The highest BCUT2D eigenvalue weighted by atomic mass is 16.5. The van der Waals surface area contributed by atoms with E-state index in [4.69, 9.17) is 4.74 Å². The fourth-order valence-corrected chi connectivity index (χ4v) is 6.52. The van der Waals surface area contributed by atoms with Crippen LogP contribution in [0.3, 0.4) is 0 Å². The molecule has 4 bridgehead atoms. The van der Waals surface area contributed by atoms with E-state index >= 15 is 0 Å². The Morgan fingerprint density at radius 1 is 1.07 bits per heavy atom. The molecule has 4 saturated carbocycles. The average Bonchev–Trinajstić information content (AvgIpc) is 2.70. The molecule has 0 spiro atoms. The lowest BCUT2D eigenvalue weighted by atomic mass is 9.49. The third kappa shape index (κ3) is 4.08. The summed E-state index contributed by atoms with van der Waals surface area (Å²) in [5.74, 6) is 3.11. The Hall–Kier alpha value is -2.04. The summed E-state index contributed by atoms with van der Waals surface area (Å²) in [5.41, 5.74) is 0.818. The lowest BCUT2D eigenvalue weighted by Crippen LogP contribution is -2.58. The second kappa shape index (κ2) is 8.24. The Balaban J connectivity index is 1.42. The molecular formula is C25H36N2O3. The van der Waals surface area contributed by atoms with Gasteiger partial charge in [0.2, 0.25) is 11.8 Å². The van der Waals surface area contributed by atoms with E-state index in [1.807, 2.05) is 45.2 Å². The smallest absolute Gasteiger partial charge is 0.245 e. The molecule has 4 aliphatic carbocycles. The summed E-state index contributed by atoms with van der Waals surface area (Å²) in [5, 5.41) is 3.21. The van der Waals surface area contributed by atoms with Crippen molar-refractivity contribution in [2.45, 2.75) is 65.0 Å². The number of carbonyl (C=O) groups excluding carboxylic acids is 2. The van der Waals surface area contributed by atoms with Gasteiger partial charge in [0, 0.05) is 19.0 Å². The van der Waals surface area contributed by atoms with Crippen LogP contribution in [0.15, 0.2) is 24.3 Å². The number of nitrogens with one attached hydrogen (secondary N) is 1. The van der Waals surface area contributed by atoms with Crippen LogP contribution in [0.2, 0.25) is 0 Å². The summed E-state index contributed by atoms with van der Waals surface area (Å²) < 4.78 is 5.21. The first-order valence-electron chi connectivity index (χ1n) is 11.5. The summed E-state index contributed by atoms with van der Waals surface area (Å²) in [4.78, 5) is 28.5. The van der Waals surface area contributed by atoms with Gasteiger partial charge in [0.15, 0.2) is 0 Å². The highest BCUT2D eigenvalue weighted by Gasteiger charge is 2.55. The Bertz CT molecular complexity index is 751. The minimum atomic E-state index is -0.478. The average molecular weight is 413 g/mol. The van der Waals surface area contributed by atoms with Crippen molar-refractivity contribution in [1.29, 1.82) is 0 Å². The van der Waals surface area contributed by atoms with Gasteiger partial charge in [-0.2, -0.15) is 0 Å². The number of methoxy groups -OCH3 is 1. The van der Waals surface area contributed by atoms with E-state index in [0.717, 1.165) is 30.6 Å². The quantitative estimate of drug-likeness (QED) is 0.736. The van der Waals surface area contributed by atoms with Crippen LogP contribution in [0, 0.1) is 29.1 Å². The third-order valence-corrected chi connectivity index (χ3v) is 7.69. The maximum absolute atomic E-state index is 13.5. The maximum Gasteiger partial charge on any atom is 0.245 e. The van der Waals surface area contributed by atoms with Gasteiger partial charge in [0.1, 0.15) is 11.8 Å². The SMILES string of the molecule is COc1ccc(CN(C)C(=O)[C@@H](NC(=O)C23CC4CC(CC(C4)C2)C3)C(C)C)cc1. The van der Waals surface area contributed by atoms with E-state index in [9.17, 15) is 9.59 Å². The van der Waals surface area contributed by atoms with E-state index in [0.29, 0.717) is 24.3 Å². The summed E-state index contributed by atoms with van der Waals surface area (Å²) in [6.07, 6.45) is 6.99. The Morgan fingerprint density at radius 3 is 2.07 bits per heavy atom. The van der Waals surface area contributed by atoms with Crippen LogP contribution in [0.1, 0.15) is 57.9 Å². The van der Waals surface area contributed by atoms with E-state index in [2.05, 4.69) is 5.32 Å². The lowest BCUT2D eigenvalue weighted by Gasteiger charge is -2.56. The number of likely N-dealkylation sites (N-methyl/N-ethyl adjacent to an activating group) is 1. The molecule has 5 heteroatoms. The van der Waals surface area contributed by atoms with Gasteiger partial charge in [-0.05, 0) is 79.9 Å². The fraction of sp³-hybridized carbons (Fsp3) is 0.680. The van der Waals surface area contributed by atoms with Crippen molar-refractivity contribution in [3.63, 3.8) is 0 Å². The summed E-state index contributed by atoms with van der Waals surface area (Å²) in [6.45, 7) is 4.55. The molecule has 0 heterocycles. The predicted molar refractivity (Wildman–Crippen MR) is 117 cm³/mol. The minimum absolute atomic E-state index is 0.0149. The van der Waals surface area contributed by atoms with Gasteiger partial charge in [-0.15, -0.1) is 0 Å². The second-order valence-electron chi connectivity index (χ2n) is 10.4. The summed E-state index contributed by atoms with van der Waals surface area (Å²) in [7, 11) is 3.46. The van der Waals surface area contributed by atoms with E-state index in [-0.39, 0.29) is 23.1 Å². The Morgan fingerprint density at radius 2 is 1.60 bits per heavy atom. The molecule has 0 aliphatic heterocycles. The van der Waals surface area contributed by atoms with E-state index < -0.39 is 6.04 Å². The molecule has 2 amide bonds. The van der Waals surface area contributed by atoms with Gasteiger partial charge in [-0.3, -0.25) is 9.59 Å². The standard InChI is InChI=1S/C25H36N2O3/c1-16(2)22(23(28)27(3)15-17-5-7-21(30-4)8-6-17)26-24(29)25-12-18-9-19(13-25)11-20(10-18)14-25/h5-8,16,18-20,22H,9-15H2,1-4H3,(H,26,29)/t18?,19?,20?,22-,25?/m0/s1. The second-order valence-corrected chi connectivity index (χ2v) is 10.4. The van der Waals surface area contributed by atoms with Crippen molar-refractivity contribution in [3.05, 3.63) is 29.8 Å². The van der Waals surface area contributed by atoms with Crippen LogP contribution in [0.25, 0.3) is 0 Å². The monoisotopic (exact) mass is 412 g/mol. The number of nitrogens with zero attached hydrogens (tertiary/aromatic N) is 1. The molecule has 1 aromatic rings. The first-order chi connectivity index (χ1) is 14.3. The number of amides is 2. The van der Waals surface area contributed by atoms with E-state index in [1.54, 1.807) is 12.0 Å². The predicted octanol–water partition coefficient (Wildman–Crippen LogP) is 4.01. The summed E-state index contributed by atoms with van der Waals surface area (Å²) in [6, 6.07) is 7.28. The largest absolute Gasteiger partial charge is 0.497 e. The molecule has 0 aromatic heterocycles. The fourth-order valence-electron chi connectivity index (χ4n) is 6.52. The van der Waals surface area contributed by atoms with Gasteiger partial charge in [-0.25, -0.2) is 0 Å². The minimum Gasteiger partial charge on any atom is -0.497 e. The molecule has 4 aliphatic rings. The normalized spacial score (nSPS) is 30.2. The van der Waals surface area contributed by atoms with Crippen molar-refractivity contribution >= 4 is 11.8 Å². The molecule has 4 fully saturated rings. The van der Waals surface area contributed by atoms with Crippen LogP contribution >= 0.6 is 0 Å². The van der Waals surface area contributed by atoms with E-state index in [1.165, 1.54) is 19.3 Å². The van der Waals surface area contributed by atoms with Crippen molar-refractivity contribution in [2.75, 3.05) is 14.2 Å². The Kier molecular flexibility index (Phi) is 5.82. The van der Waals surface area contributed by atoms with Crippen LogP contribution in [0.5, 0.6) is 5.75 Å². The number of ether oxygens (including phenoxy) is 1. The van der Waals surface area contributed by atoms with Crippen molar-refractivity contribution in [3.8, 4) is 5.75 Å². The molecule has 30 heavy (non-hydrogen) atoms. The number of hydrogen-bond donors (Lipinski definition) is 1. The highest BCUT2D eigenvalue weighted by molar-refractivity contribution is 5.90. The lowest BCUT2D eigenvalue weighted by molar-refractivity contribution is -0.150. The van der Waals surface area contributed by atoms with Gasteiger partial charge in [-0.1, -0.05) is 26.0 Å². The van der Waals surface area contributed by atoms with Crippen molar-refractivity contribution < 1.29 is 14.3 Å². The molecule has 1 aromatic carbocycles. The number of hydrogen-bond acceptors (Lipinski definition) is 3. The third-order valence-electron chi connectivity index (χ3n) is 7.69. The number of carbonyl (C=O) groups is 2. The van der Waals surface area contributed by atoms with Crippen LogP contribution < -0.4 is 10.1 Å². The maximum atomic E-state index is 13.5. The van der Waals surface area contributed by atoms with Gasteiger partial charge < -0.3 is 15.0 Å². The molecule has 0 saturated heterocycles. The van der Waals surface area contributed by atoms with Crippen LogP contribution in [-0.2, 0) is 16.1 Å². The molecular weight excluding hydrogens is 376 g/mol. The number of rotatable bonds is 7. The first-order valence-corrected chi connectivity index (χ1v) is 11.5. The van der Waals surface area contributed by atoms with Gasteiger partial charge in [0.25, 0.3) is 0 Å². The zero-order valence-corrected chi connectivity index (χ0v) is 18.8. The zero-order chi connectivity index (χ0) is 21.5. The molecule has 1 N–H and O–H groups in total. The molecule has 1 atom stereocenters.